The highest BCUT2D eigenvalue weighted by molar-refractivity contribution is 5.16. The van der Waals surface area contributed by atoms with E-state index in [-0.39, 0.29) is 0 Å². The smallest absolute Gasteiger partial charge is 0.0483 e. The fourth-order valence-electron chi connectivity index (χ4n) is 1.98. The molecule has 76 valence electrons. The van der Waals surface area contributed by atoms with Gasteiger partial charge in [0.15, 0.2) is 0 Å². The predicted octanol–water partition coefficient (Wildman–Crippen LogP) is 1.48. The van der Waals surface area contributed by atoms with Crippen LogP contribution in [0.4, 0.5) is 0 Å². The standard InChI is InChI=1S/C12H18N2/c1-2-14-9-12(13-10-14)8-11-6-4-3-5-7-11/h3-7,12-13H,2,8-10H2,1H3. The van der Waals surface area contributed by atoms with E-state index in [4.69, 9.17) is 0 Å². The van der Waals surface area contributed by atoms with Crippen molar-refractivity contribution in [3.63, 3.8) is 0 Å². The SMILES string of the molecule is CCN1CNC(Cc2ccccc2)C1. The molecule has 1 aromatic rings. The van der Waals surface area contributed by atoms with E-state index in [9.17, 15) is 0 Å². The third kappa shape index (κ3) is 2.34. The van der Waals surface area contributed by atoms with E-state index in [2.05, 4.69) is 47.5 Å². The summed E-state index contributed by atoms with van der Waals surface area (Å²) in [6, 6.07) is 11.3. The Hall–Kier alpha value is -0.860. The van der Waals surface area contributed by atoms with Crippen LogP contribution in [0.25, 0.3) is 0 Å². The molecular weight excluding hydrogens is 172 g/mol. The van der Waals surface area contributed by atoms with Gasteiger partial charge in [-0.15, -0.1) is 0 Å². The summed E-state index contributed by atoms with van der Waals surface area (Å²) in [6.45, 7) is 5.60. The van der Waals surface area contributed by atoms with Gasteiger partial charge >= 0.3 is 0 Å². The Balaban J connectivity index is 1.88. The minimum Gasteiger partial charge on any atom is -0.300 e. The Kier molecular flexibility index (Phi) is 3.17. The molecule has 1 aromatic carbocycles. The Labute approximate surface area is 85.9 Å². The molecule has 1 atom stereocenters. The van der Waals surface area contributed by atoms with E-state index in [1.165, 1.54) is 12.1 Å². The zero-order valence-corrected chi connectivity index (χ0v) is 8.74. The van der Waals surface area contributed by atoms with Gasteiger partial charge in [0.05, 0.1) is 0 Å². The Morgan fingerprint density at radius 3 is 2.79 bits per heavy atom. The molecule has 0 bridgehead atoms. The first-order valence-electron chi connectivity index (χ1n) is 5.38. The second-order valence-electron chi connectivity index (χ2n) is 3.92. The molecule has 2 nitrogen and oxygen atoms in total. The highest BCUT2D eigenvalue weighted by Gasteiger charge is 2.19. The Morgan fingerprint density at radius 1 is 1.36 bits per heavy atom. The van der Waals surface area contributed by atoms with Crippen LogP contribution in [-0.4, -0.2) is 30.7 Å². The molecule has 1 saturated heterocycles. The topological polar surface area (TPSA) is 15.3 Å². The minimum absolute atomic E-state index is 0.636. The van der Waals surface area contributed by atoms with Crippen LogP contribution in [0.1, 0.15) is 12.5 Å². The van der Waals surface area contributed by atoms with Crippen LogP contribution in [-0.2, 0) is 6.42 Å². The largest absolute Gasteiger partial charge is 0.300 e. The molecule has 2 heteroatoms. The molecule has 1 heterocycles. The Morgan fingerprint density at radius 2 is 2.14 bits per heavy atom. The van der Waals surface area contributed by atoms with Crippen LogP contribution in [0.15, 0.2) is 30.3 Å². The molecular formula is C12H18N2. The lowest BCUT2D eigenvalue weighted by Gasteiger charge is -2.11. The first-order chi connectivity index (χ1) is 6.88. The molecule has 1 aliphatic rings. The van der Waals surface area contributed by atoms with E-state index >= 15 is 0 Å². The quantitative estimate of drug-likeness (QED) is 0.776. The molecule has 0 saturated carbocycles. The summed E-state index contributed by atoms with van der Waals surface area (Å²) in [5.74, 6) is 0. The molecule has 1 unspecified atom stereocenters. The monoisotopic (exact) mass is 190 g/mol. The summed E-state index contributed by atoms with van der Waals surface area (Å²) in [5.41, 5.74) is 1.43. The summed E-state index contributed by atoms with van der Waals surface area (Å²) in [5, 5.41) is 3.53. The van der Waals surface area contributed by atoms with Crippen molar-refractivity contribution in [3.8, 4) is 0 Å². The number of benzene rings is 1. The molecule has 1 fully saturated rings. The van der Waals surface area contributed by atoms with Gasteiger partial charge in [-0.05, 0) is 18.5 Å². The number of hydrogen-bond donors (Lipinski definition) is 1. The van der Waals surface area contributed by atoms with Gasteiger partial charge in [0.25, 0.3) is 0 Å². The number of rotatable bonds is 3. The number of hydrogen-bond acceptors (Lipinski definition) is 2. The van der Waals surface area contributed by atoms with Crippen molar-refractivity contribution in [2.45, 2.75) is 19.4 Å². The predicted molar refractivity (Wildman–Crippen MR) is 59.2 cm³/mol. The van der Waals surface area contributed by atoms with Crippen LogP contribution in [0.5, 0.6) is 0 Å². The van der Waals surface area contributed by atoms with Gasteiger partial charge in [0.1, 0.15) is 0 Å². The van der Waals surface area contributed by atoms with Crippen LogP contribution >= 0.6 is 0 Å². The van der Waals surface area contributed by atoms with Gasteiger partial charge < -0.3 is 0 Å². The summed E-state index contributed by atoms with van der Waals surface area (Å²) in [6.07, 6.45) is 1.15. The van der Waals surface area contributed by atoms with Crippen molar-refractivity contribution in [2.75, 3.05) is 19.8 Å². The van der Waals surface area contributed by atoms with Crippen LogP contribution in [0.2, 0.25) is 0 Å². The van der Waals surface area contributed by atoms with Crippen molar-refractivity contribution in [2.24, 2.45) is 0 Å². The maximum Gasteiger partial charge on any atom is 0.0483 e. The fourth-order valence-corrected chi connectivity index (χ4v) is 1.98. The molecule has 1 N–H and O–H groups in total. The van der Waals surface area contributed by atoms with Crippen LogP contribution in [0.3, 0.4) is 0 Å². The van der Waals surface area contributed by atoms with E-state index in [0.717, 1.165) is 19.6 Å². The third-order valence-corrected chi connectivity index (χ3v) is 2.85. The molecule has 2 rings (SSSR count). The third-order valence-electron chi connectivity index (χ3n) is 2.85. The summed E-state index contributed by atoms with van der Waals surface area (Å²) >= 11 is 0. The lowest BCUT2D eigenvalue weighted by atomic mass is 10.1. The second-order valence-corrected chi connectivity index (χ2v) is 3.92. The maximum atomic E-state index is 3.53. The molecule has 0 aliphatic carbocycles. The summed E-state index contributed by atoms with van der Waals surface area (Å²) in [4.78, 5) is 2.44. The zero-order valence-electron chi connectivity index (χ0n) is 8.74. The van der Waals surface area contributed by atoms with Crippen molar-refractivity contribution in [1.29, 1.82) is 0 Å². The average Bonchev–Trinajstić information content (AvgIpc) is 2.67. The van der Waals surface area contributed by atoms with Crippen molar-refractivity contribution in [3.05, 3.63) is 35.9 Å². The van der Waals surface area contributed by atoms with Gasteiger partial charge in [0, 0.05) is 19.3 Å². The lowest BCUT2D eigenvalue weighted by molar-refractivity contribution is 0.349. The number of likely N-dealkylation sites (N-methyl/N-ethyl adjacent to an activating group) is 1. The van der Waals surface area contributed by atoms with Gasteiger partial charge in [-0.25, -0.2) is 0 Å². The van der Waals surface area contributed by atoms with Crippen molar-refractivity contribution >= 4 is 0 Å². The van der Waals surface area contributed by atoms with Gasteiger partial charge in [-0.2, -0.15) is 0 Å². The summed E-state index contributed by atoms with van der Waals surface area (Å²) in [7, 11) is 0. The molecule has 0 radical (unpaired) electrons. The van der Waals surface area contributed by atoms with E-state index in [0.29, 0.717) is 6.04 Å². The van der Waals surface area contributed by atoms with E-state index in [1.807, 2.05) is 0 Å². The fraction of sp³-hybridized carbons (Fsp3) is 0.500. The van der Waals surface area contributed by atoms with Gasteiger partial charge in [-0.3, -0.25) is 10.2 Å². The number of nitrogens with one attached hydrogen (secondary N) is 1. The molecule has 14 heavy (non-hydrogen) atoms. The maximum absolute atomic E-state index is 3.53. The zero-order chi connectivity index (χ0) is 9.80. The Bertz CT molecular complexity index is 271. The second kappa shape index (κ2) is 4.58. The molecule has 0 spiro atoms. The first kappa shape index (κ1) is 9.69. The van der Waals surface area contributed by atoms with Gasteiger partial charge in [0.2, 0.25) is 0 Å². The first-order valence-corrected chi connectivity index (χ1v) is 5.38. The average molecular weight is 190 g/mol. The number of nitrogens with zero attached hydrogens (tertiary/aromatic N) is 1. The summed E-state index contributed by atoms with van der Waals surface area (Å²) < 4.78 is 0. The van der Waals surface area contributed by atoms with Crippen molar-refractivity contribution < 1.29 is 0 Å². The molecule has 0 amide bonds. The molecule has 0 aromatic heterocycles. The molecule has 1 aliphatic heterocycles. The van der Waals surface area contributed by atoms with E-state index in [1.54, 1.807) is 0 Å². The normalized spacial score (nSPS) is 22.8. The van der Waals surface area contributed by atoms with Gasteiger partial charge in [-0.1, -0.05) is 37.3 Å². The van der Waals surface area contributed by atoms with Crippen molar-refractivity contribution in [1.82, 2.24) is 10.2 Å². The van der Waals surface area contributed by atoms with Crippen LogP contribution in [0, 0.1) is 0 Å². The highest BCUT2D eigenvalue weighted by atomic mass is 15.3. The lowest BCUT2D eigenvalue weighted by Crippen LogP contribution is -2.25. The van der Waals surface area contributed by atoms with Crippen LogP contribution < -0.4 is 5.32 Å². The van der Waals surface area contributed by atoms with E-state index < -0.39 is 0 Å². The highest BCUT2D eigenvalue weighted by Crippen LogP contribution is 2.08. The minimum atomic E-state index is 0.636.